The summed E-state index contributed by atoms with van der Waals surface area (Å²) >= 11 is 5.26. The van der Waals surface area contributed by atoms with Gasteiger partial charge in [-0.2, -0.15) is 4.31 Å². The van der Waals surface area contributed by atoms with Crippen LogP contribution < -0.4 is 5.32 Å². The van der Waals surface area contributed by atoms with Crippen LogP contribution in [0.4, 0.5) is 0 Å². The molecule has 1 aromatic heterocycles. The molecule has 0 aromatic carbocycles. The lowest BCUT2D eigenvalue weighted by Gasteiger charge is -2.35. The number of carbonyl (C=O) groups excluding carboxylic acids is 1. The number of nitrogens with zero attached hydrogens (tertiary/aromatic N) is 2. The van der Waals surface area contributed by atoms with E-state index in [-0.39, 0.29) is 35.1 Å². The van der Waals surface area contributed by atoms with Crippen LogP contribution in [-0.4, -0.2) is 68.5 Å². The average Bonchev–Trinajstić information content (AvgIpc) is 2.89. The number of aryl methyl sites for hydroxylation is 2. The highest BCUT2D eigenvalue weighted by molar-refractivity contribution is 7.89. The number of thiocarbonyl (C=S) groups is 1. The van der Waals surface area contributed by atoms with Crippen LogP contribution in [0.2, 0.25) is 0 Å². The largest absolute Gasteiger partial charge is 0.465 e. The molecule has 1 aliphatic rings. The van der Waals surface area contributed by atoms with E-state index in [2.05, 4.69) is 5.32 Å². The summed E-state index contributed by atoms with van der Waals surface area (Å²) in [7, 11) is -2.66. The number of nitrogens with one attached hydrogen (secondary N) is 1. The second-order valence-electron chi connectivity index (χ2n) is 5.64. The minimum atomic E-state index is -3.87. The molecular formula is C15H23N3O5S2. The molecule has 2 heterocycles. The summed E-state index contributed by atoms with van der Waals surface area (Å²) in [5, 5.41) is 3.67. The zero-order valence-electron chi connectivity index (χ0n) is 14.8. The van der Waals surface area contributed by atoms with Crippen molar-refractivity contribution in [1.82, 2.24) is 14.5 Å². The van der Waals surface area contributed by atoms with Gasteiger partial charge in [0, 0.05) is 32.7 Å². The summed E-state index contributed by atoms with van der Waals surface area (Å²) in [5.41, 5.74) is -0.0365. The van der Waals surface area contributed by atoms with E-state index < -0.39 is 16.0 Å². The number of rotatable bonds is 4. The number of carbonyl (C=O) groups is 1. The molecular weight excluding hydrogens is 366 g/mol. The molecule has 1 aromatic rings. The molecule has 0 bridgehead atoms. The van der Waals surface area contributed by atoms with Gasteiger partial charge in [-0.05, 0) is 33.0 Å². The Kier molecular flexibility index (Phi) is 6.07. The molecule has 0 aliphatic carbocycles. The van der Waals surface area contributed by atoms with Crippen LogP contribution in [0.15, 0.2) is 9.31 Å². The van der Waals surface area contributed by atoms with Crippen LogP contribution in [0.5, 0.6) is 0 Å². The number of furan rings is 1. The summed E-state index contributed by atoms with van der Waals surface area (Å²) < 4.78 is 37.6. The van der Waals surface area contributed by atoms with E-state index in [9.17, 15) is 13.2 Å². The summed E-state index contributed by atoms with van der Waals surface area (Å²) in [6.07, 6.45) is 0. The van der Waals surface area contributed by atoms with Crippen molar-refractivity contribution >= 4 is 33.3 Å². The molecule has 0 saturated carbocycles. The van der Waals surface area contributed by atoms with E-state index in [1.807, 2.05) is 11.8 Å². The average molecular weight is 389 g/mol. The normalized spacial score (nSPS) is 15.9. The van der Waals surface area contributed by atoms with E-state index in [0.29, 0.717) is 24.7 Å². The SMILES string of the molecule is CCNC(=S)N1CCN(S(=O)(=O)c2c(C)oc(C)c2C(=O)OC)CC1. The Hall–Kier alpha value is -1.65. The van der Waals surface area contributed by atoms with Gasteiger partial charge in [0.15, 0.2) is 5.11 Å². The van der Waals surface area contributed by atoms with Gasteiger partial charge in [0.05, 0.1) is 7.11 Å². The van der Waals surface area contributed by atoms with E-state index in [1.54, 1.807) is 6.92 Å². The lowest BCUT2D eigenvalue weighted by Crippen LogP contribution is -2.53. The molecule has 0 atom stereocenters. The first kappa shape index (κ1) is 19.7. The fraction of sp³-hybridized carbons (Fsp3) is 0.600. The van der Waals surface area contributed by atoms with Crippen LogP contribution >= 0.6 is 12.2 Å². The predicted octanol–water partition coefficient (Wildman–Crippen LogP) is 0.884. The second kappa shape index (κ2) is 7.71. The number of hydrogen-bond donors (Lipinski definition) is 1. The van der Waals surface area contributed by atoms with Gasteiger partial charge >= 0.3 is 5.97 Å². The second-order valence-corrected chi connectivity index (χ2v) is 7.90. The van der Waals surface area contributed by atoms with Gasteiger partial charge in [-0.1, -0.05) is 0 Å². The van der Waals surface area contributed by atoms with Crippen molar-refractivity contribution in [2.24, 2.45) is 0 Å². The minimum absolute atomic E-state index is 0.0365. The molecule has 0 unspecified atom stereocenters. The van der Waals surface area contributed by atoms with Gasteiger partial charge in [-0.3, -0.25) is 0 Å². The molecule has 25 heavy (non-hydrogen) atoms. The first-order valence-corrected chi connectivity index (χ1v) is 9.80. The highest BCUT2D eigenvalue weighted by atomic mass is 32.2. The van der Waals surface area contributed by atoms with Gasteiger partial charge < -0.3 is 19.4 Å². The number of methoxy groups -OCH3 is 1. The molecule has 0 radical (unpaired) electrons. The van der Waals surface area contributed by atoms with Crippen molar-refractivity contribution in [2.75, 3.05) is 39.8 Å². The third-order valence-corrected chi connectivity index (χ3v) is 6.50. The van der Waals surface area contributed by atoms with Crippen LogP contribution in [0.3, 0.4) is 0 Å². The molecule has 1 N–H and O–H groups in total. The third kappa shape index (κ3) is 3.80. The fourth-order valence-electron chi connectivity index (χ4n) is 2.84. The third-order valence-electron chi connectivity index (χ3n) is 4.05. The highest BCUT2D eigenvalue weighted by Gasteiger charge is 2.37. The molecule has 1 aliphatic heterocycles. The topological polar surface area (TPSA) is 92.1 Å². The maximum atomic E-state index is 13.1. The monoisotopic (exact) mass is 389 g/mol. The van der Waals surface area contributed by atoms with Gasteiger partial charge in [0.2, 0.25) is 10.0 Å². The summed E-state index contributed by atoms with van der Waals surface area (Å²) in [6, 6.07) is 0. The Balaban J connectivity index is 2.27. The fourth-order valence-corrected chi connectivity index (χ4v) is 4.95. The Bertz CT molecular complexity index is 764. The van der Waals surface area contributed by atoms with Crippen molar-refractivity contribution in [3.63, 3.8) is 0 Å². The van der Waals surface area contributed by atoms with Gasteiger partial charge in [-0.15, -0.1) is 0 Å². The summed E-state index contributed by atoms with van der Waals surface area (Å²) in [5.74, 6) is -0.307. The standard InChI is InChI=1S/C15H23N3O5S2/c1-5-16-15(24)17-6-8-18(9-7-17)25(20,21)13-11(3)23-10(2)12(13)14(19)22-4/h5-9H2,1-4H3,(H,16,24). The lowest BCUT2D eigenvalue weighted by atomic mass is 10.2. The zero-order chi connectivity index (χ0) is 18.8. The van der Waals surface area contributed by atoms with Crippen molar-refractivity contribution in [2.45, 2.75) is 25.7 Å². The molecule has 1 saturated heterocycles. The molecule has 1 fully saturated rings. The van der Waals surface area contributed by atoms with Gasteiger partial charge in [-0.25, -0.2) is 13.2 Å². The number of ether oxygens (including phenoxy) is 1. The molecule has 2 rings (SSSR count). The number of hydrogen-bond acceptors (Lipinski definition) is 6. The molecule has 140 valence electrons. The van der Waals surface area contributed by atoms with Crippen molar-refractivity contribution in [3.8, 4) is 0 Å². The first-order valence-electron chi connectivity index (χ1n) is 7.95. The van der Waals surface area contributed by atoms with Crippen LogP contribution in [0, 0.1) is 13.8 Å². The smallest absolute Gasteiger partial charge is 0.342 e. The Morgan fingerprint density at radius 1 is 1.24 bits per heavy atom. The highest BCUT2D eigenvalue weighted by Crippen LogP contribution is 2.30. The van der Waals surface area contributed by atoms with Crippen LogP contribution in [0.1, 0.15) is 28.8 Å². The summed E-state index contributed by atoms with van der Waals surface area (Å²) in [4.78, 5) is 13.8. The number of piperazine rings is 1. The lowest BCUT2D eigenvalue weighted by molar-refractivity contribution is 0.0594. The zero-order valence-corrected chi connectivity index (χ0v) is 16.4. The Labute approximate surface area is 153 Å². The van der Waals surface area contributed by atoms with Gasteiger partial charge in [0.1, 0.15) is 22.0 Å². The Morgan fingerprint density at radius 2 is 1.84 bits per heavy atom. The van der Waals surface area contributed by atoms with E-state index in [4.69, 9.17) is 21.4 Å². The van der Waals surface area contributed by atoms with Crippen LogP contribution in [0.25, 0.3) is 0 Å². The van der Waals surface area contributed by atoms with Crippen molar-refractivity contribution < 1.29 is 22.4 Å². The Morgan fingerprint density at radius 3 is 2.36 bits per heavy atom. The maximum Gasteiger partial charge on any atom is 0.342 e. The maximum absolute atomic E-state index is 13.1. The van der Waals surface area contributed by atoms with E-state index >= 15 is 0 Å². The molecule has 0 amide bonds. The molecule has 10 heteroatoms. The number of sulfonamides is 1. The quantitative estimate of drug-likeness (QED) is 0.599. The summed E-state index contributed by atoms with van der Waals surface area (Å²) in [6.45, 7) is 7.26. The van der Waals surface area contributed by atoms with Gasteiger partial charge in [0.25, 0.3) is 0 Å². The number of esters is 1. The van der Waals surface area contributed by atoms with Crippen molar-refractivity contribution in [1.29, 1.82) is 0 Å². The van der Waals surface area contributed by atoms with E-state index in [0.717, 1.165) is 0 Å². The first-order chi connectivity index (χ1) is 11.7. The molecule has 0 spiro atoms. The molecule has 8 nitrogen and oxygen atoms in total. The van der Waals surface area contributed by atoms with Crippen LogP contribution in [-0.2, 0) is 14.8 Å². The predicted molar refractivity (Wildman–Crippen MR) is 96.1 cm³/mol. The van der Waals surface area contributed by atoms with Crippen molar-refractivity contribution in [3.05, 3.63) is 17.1 Å². The van der Waals surface area contributed by atoms with E-state index in [1.165, 1.54) is 18.3 Å². The minimum Gasteiger partial charge on any atom is -0.465 e.